The van der Waals surface area contributed by atoms with Crippen molar-refractivity contribution in [3.8, 4) is 0 Å². The van der Waals surface area contributed by atoms with Gasteiger partial charge in [0.25, 0.3) is 0 Å². The van der Waals surface area contributed by atoms with E-state index in [-0.39, 0.29) is 24.3 Å². The van der Waals surface area contributed by atoms with E-state index in [4.69, 9.17) is 0 Å². The van der Waals surface area contributed by atoms with Crippen molar-refractivity contribution in [2.24, 2.45) is 5.92 Å². The van der Waals surface area contributed by atoms with Gasteiger partial charge in [0.05, 0.1) is 18.6 Å². The Balaban J connectivity index is 1.81. The fourth-order valence-electron chi connectivity index (χ4n) is 3.74. The number of rotatable bonds is 9. The van der Waals surface area contributed by atoms with E-state index in [0.717, 1.165) is 16.7 Å². The molecule has 3 aromatic carbocycles. The molecule has 0 spiro atoms. The summed E-state index contributed by atoms with van der Waals surface area (Å²) in [6.45, 7) is 3.55. The van der Waals surface area contributed by atoms with Crippen LogP contribution in [-0.2, 0) is 9.59 Å². The number of carbonyl (C=O) groups is 2. The van der Waals surface area contributed by atoms with Gasteiger partial charge in [0, 0.05) is 0 Å². The van der Waals surface area contributed by atoms with Gasteiger partial charge in [-0.05, 0) is 22.6 Å². The van der Waals surface area contributed by atoms with Gasteiger partial charge in [0.2, 0.25) is 11.8 Å². The summed E-state index contributed by atoms with van der Waals surface area (Å²) in [4.78, 5) is 26.6. The van der Waals surface area contributed by atoms with Gasteiger partial charge in [-0.2, -0.15) is 0 Å². The molecule has 166 valence electrons. The van der Waals surface area contributed by atoms with Gasteiger partial charge in [-0.3, -0.25) is 9.59 Å². The van der Waals surface area contributed by atoms with Crippen molar-refractivity contribution in [2.45, 2.75) is 31.8 Å². The van der Waals surface area contributed by atoms with Crippen LogP contribution in [0.25, 0.3) is 0 Å². The van der Waals surface area contributed by atoms with E-state index in [1.807, 2.05) is 105 Å². The minimum Gasteiger partial charge on any atom is -0.394 e. The maximum atomic E-state index is 13.4. The molecule has 3 aromatic rings. The van der Waals surface area contributed by atoms with Crippen LogP contribution in [0.15, 0.2) is 91.0 Å². The number of aliphatic hydroxyl groups excluding tert-OH is 1. The van der Waals surface area contributed by atoms with Gasteiger partial charge < -0.3 is 15.7 Å². The van der Waals surface area contributed by atoms with Crippen molar-refractivity contribution in [3.05, 3.63) is 108 Å². The van der Waals surface area contributed by atoms with E-state index in [2.05, 4.69) is 10.6 Å². The standard InChI is InChI=1S/C27H30N2O3/c1-19(2)25(27(32)28-23(18-30)20-12-6-3-7-13-20)29-26(31)24(21-14-8-4-9-15-21)22-16-10-5-11-17-22/h3-17,19,23-25,30H,18H2,1-2H3,(H,28,32)(H,29,31)/t23-,25-/m0/s1. The quantitative estimate of drug-likeness (QED) is 0.483. The third kappa shape index (κ3) is 5.83. The Morgan fingerprint density at radius 1 is 0.688 bits per heavy atom. The van der Waals surface area contributed by atoms with Crippen LogP contribution in [-0.4, -0.2) is 29.6 Å². The summed E-state index contributed by atoms with van der Waals surface area (Å²) in [6.07, 6.45) is 0. The molecule has 0 radical (unpaired) electrons. The third-order valence-corrected chi connectivity index (χ3v) is 5.48. The largest absolute Gasteiger partial charge is 0.394 e. The maximum Gasteiger partial charge on any atom is 0.243 e. The van der Waals surface area contributed by atoms with Crippen molar-refractivity contribution in [1.29, 1.82) is 0 Å². The van der Waals surface area contributed by atoms with Gasteiger partial charge >= 0.3 is 0 Å². The van der Waals surface area contributed by atoms with Crippen molar-refractivity contribution in [3.63, 3.8) is 0 Å². The summed E-state index contributed by atoms with van der Waals surface area (Å²) < 4.78 is 0. The van der Waals surface area contributed by atoms with Crippen LogP contribution in [0, 0.1) is 5.92 Å². The Morgan fingerprint density at radius 3 is 1.53 bits per heavy atom. The van der Waals surface area contributed by atoms with E-state index in [9.17, 15) is 14.7 Å². The average Bonchev–Trinajstić information content (AvgIpc) is 2.82. The molecule has 0 unspecified atom stereocenters. The summed E-state index contributed by atoms with van der Waals surface area (Å²) in [5, 5.41) is 15.7. The highest BCUT2D eigenvalue weighted by atomic mass is 16.3. The van der Waals surface area contributed by atoms with Gasteiger partial charge in [-0.1, -0.05) is 105 Å². The molecule has 3 N–H and O–H groups in total. The lowest BCUT2D eigenvalue weighted by Crippen LogP contribution is -2.52. The zero-order chi connectivity index (χ0) is 22.9. The molecule has 0 bridgehead atoms. The highest BCUT2D eigenvalue weighted by molar-refractivity contribution is 5.92. The van der Waals surface area contributed by atoms with E-state index >= 15 is 0 Å². The summed E-state index contributed by atoms with van der Waals surface area (Å²) in [6, 6.07) is 27.1. The summed E-state index contributed by atoms with van der Waals surface area (Å²) in [7, 11) is 0. The summed E-state index contributed by atoms with van der Waals surface area (Å²) in [5.74, 6) is -1.23. The molecule has 3 rings (SSSR count). The first-order valence-electron chi connectivity index (χ1n) is 10.9. The fourth-order valence-corrected chi connectivity index (χ4v) is 3.74. The minimum absolute atomic E-state index is 0.138. The molecule has 32 heavy (non-hydrogen) atoms. The van der Waals surface area contributed by atoms with Crippen molar-refractivity contribution >= 4 is 11.8 Å². The first-order valence-corrected chi connectivity index (χ1v) is 10.9. The zero-order valence-electron chi connectivity index (χ0n) is 18.4. The van der Waals surface area contributed by atoms with Crippen LogP contribution >= 0.6 is 0 Å². The molecule has 5 heteroatoms. The molecule has 0 saturated carbocycles. The third-order valence-electron chi connectivity index (χ3n) is 5.48. The molecule has 5 nitrogen and oxygen atoms in total. The van der Waals surface area contributed by atoms with Gasteiger partial charge in [-0.15, -0.1) is 0 Å². The molecule has 0 aromatic heterocycles. The number of hydrogen-bond donors (Lipinski definition) is 3. The monoisotopic (exact) mass is 430 g/mol. The number of carbonyl (C=O) groups excluding carboxylic acids is 2. The summed E-state index contributed by atoms with van der Waals surface area (Å²) >= 11 is 0. The number of benzene rings is 3. The topological polar surface area (TPSA) is 78.4 Å². The molecule has 0 aliphatic heterocycles. The maximum absolute atomic E-state index is 13.4. The molecule has 2 atom stereocenters. The number of hydrogen-bond acceptors (Lipinski definition) is 3. The normalized spacial score (nSPS) is 12.9. The Labute approximate surface area is 189 Å². The smallest absolute Gasteiger partial charge is 0.243 e. The van der Waals surface area contributed by atoms with E-state index in [0.29, 0.717) is 0 Å². The van der Waals surface area contributed by atoms with E-state index < -0.39 is 18.0 Å². The molecular formula is C27H30N2O3. The number of amides is 2. The average molecular weight is 431 g/mol. The minimum atomic E-state index is -0.741. The van der Waals surface area contributed by atoms with Crippen LogP contribution in [0.1, 0.15) is 42.5 Å². The van der Waals surface area contributed by atoms with Crippen LogP contribution in [0.5, 0.6) is 0 Å². The Kier molecular flexibility index (Phi) is 8.17. The fraction of sp³-hybridized carbons (Fsp3) is 0.259. The lowest BCUT2D eigenvalue weighted by molar-refractivity contribution is -0.131. The Morgan fingerprint density at radius 2 is 1.12 bits per heavy atom. The highest BCUT2D eigenvalue weighted by Crippen LogP contribution is 2.25. The predicted molar refractivity (Wildman–Crippen MR) is 126 cm³/mol. The molecule has 0 aliphatic carbocycles. The molecular weight excluding hydrogens is 400 g/mol. The molecule has 0 fully saturated rings. The molecule has 2 amide bonds. The lowest BCUT2D eigenvalue weighted by atomic mass is 9.89. The van der Waals surface area contributed by atoms with Crippen LogP contribution < -0.4 is 10.6 Å². The Hall–Kier alpha value is -3.44. The zero-order valence-corrected chi connectivity index (χ0v) is 18.4. The lowest BCUT2D eigenvalue weighted by Gasteiger charge is -2.27. The highest BCUT2D eigenvalue weighted by Gasteiger charge is 2.30. The first-order chi connectivity index (χ1) is 15.5. The van der Waals surface area contributed by atoms with Crippen LogP contribution in [0.3, 0.4) is 0 Å². The molecule has 0 aliphatic rings. The van der Waals surface area contributed by atoms with Gasteiger partial charge in [-0.25, -0.2) is 0 Å². The van der Waals surface area contributed by atoms with Crippen molar-refractivity contribution in [2.75, 3.05) is 6.61 Å². The van der Waals surface area contributed by atoms with Crippen molar-refractivity contribution < 1.29 is 14.7 Å². The van der Waals surface area contributed by atoms with E-state index in [1.165, 1.54) is 0 Å². The van der Waals surface area contributed by atoms with Crippen LogP contribution in [0.2, 0.25) is 0 Å². The second-order valence-electron chi connectivity index (χ2n) is 8.14. The predicted octanol–water partition coefficient (Wildman–Crippen LogP) is 3.81. The SMILES string of the molecule is CC(C)[C@H](NC(=O)C(c1ccccc1)c1ccccc1)C(=O)N[C@@H](CO)c1ccccc1. The van der Waals surface area contributed by atoms with Gasteiger partial charge in [0.1, 0.15) is 6.04 Å². The van der Waals surface area contributed by atoms with Crippen molar-refractivity contribution in [1.82, 2.24) is 10.6 Å². The number of aliphatic hydroxyl groups is 1. The summed E-state index contributed by atoms with van der Waals surface area (Å²) in [5.41, 5.74) is 2.52. The molecule has 0 saturated heterocycles. The second kappa shape index (κ2) is 11.3. The van der Waals surface area contributed by atoms with Crippen LogP contribution in [0.4, 0.5) is 0 Å². The Bertz CT molecular complexity index is 952. The first kappa shape index (κ1) is 23.2. The van der Waals surface area contributed by atoms with Gasteiger partial charge in [0.15, 0.2) is 0 Å². The molecule has 0 heterocycles. The number of nitrogens with one attached hydrogen (secondary N) is 2. The van der Waals surface area contributed by atoms with E-state index in [1.54, 1.807) is 0 Å². The second-order valence-corrected chi connectivity index (χ2v) is 8.14.